The molecule has 3 rings (SSSR count). The minimum atomic E-state index is -4.04. The average Bonchev–Trinajstić information content (AvgIpc) is 2.87. The highest BCUT2D eigenvalue weighted by molar-refractivity contribution is 7.89. The molecule has 24 heavy (non-hydrogen) atoms. The zero-order valence-corrected chi connectivity index (χ0v) is 13.2. The van der Waals surface area contributed by atoms with Crippen LogP contribution in [0.2, 0.25) is 0 Å². The highest BCUT2D eigenvalue weighted by atomic mass is 32.2. The number of hydrogen-bond acceptors (Lipinski definition) is 6. The van der Waals surface area contributed by atoms with E-state index in [1.165, 1.54) is 42.1 Å². The Morgan fingerprint density at radius 3 is 2.75 bits per heavy atom. The maximum atomic E-state index is 12.2. The molecule has 3 aromatic rings. The third kappa shape index (κ3) is 2.92. The number of nitrogens with one attached hydrogen (secondary N) is 2. The van der Waals surface area contributed by atoms with E-state index >= 15 is 0 Å². The molecule has 0 bridgehead atoms. The quantitative estimate of drug-likeness (QED) is 0.647. The zero-order chi connectivity index (χ0) is 17.3. The van der Waals surface area contributed by atoms with E-state index < -0.39 is 21.7 Å². The molecule has 2 N–H and O–H groups in total. The predicted molar refractivity (Wildman–Crippen MR) is 83.5 cm³/mol. The Hall–Kier alpha value is -2.98. The number of carbonyl (C=O) groups excluding carboxylic acids is 1. The molecular weight excluding hydrogens is 336 g/mol. The van der Waals surface area contributed by atoms with Gasteiger partial charge in [-0.05, 0) is 24.3 Å². The summed E-state index contributed by atoms with van der Waals surface area (Å²) in [4.78, 5) is 28.9. The smallest absolute Gasteiger partial charge is 0.408 e. The highest BCUT2D eigenvalue weighted by Crippen LogP contribution is 2.17. The van der Waals surface area contributed by atoms with Gasteiger partial charge in [0.25, 0.3) is 15.9 Å². The molecule has 0 radical (unpaired) electrons. The maximum absolute atomic E-state index is 12.2. The lowest BCUT2D eigenvalue weighted by Gasteiger charge is -2.08. The molecule has 124 valence electrons. The summed E-state index contributed by atoms with van der Waals surface area (Å²) in [6.45, 7) is 0. The fourth-order valence-corrected chi connectivity index (χ4v) is 2.87. The third-order valence-electron chi connectivity index (χ3n) is 3.27. The van der Waals surface area contributed by atoms with E-state index in [0.29, 0.717) is 5.52 Å². The van der Waals surface area contributed by atoms with Gasteiger partial charge in [0, 0.05) is 19.3 Å². The molecular formula is C14H12N4O5S. The number of hydrazine groups is 1. The minimum absolute atomic E-state index is 0.0599. The van der Waals surface area contributed by atoms with Crippen molar-refractivity contribution in [2.24, 2.45) is 7.05 Å². The second-order valence-electron chi connectivity index (χ2n) is 4.83. The summed E-state index contributed by atoms with van der Waals surface area (Å²) >= 11 is 0. The number of amides is 1. The largest absolute Gasteiger partial charge is 0.419 e. The lowest BCUT2D eigenvalue weighted by Crippen LogP contribution is -2.41. The summed E-state index contributed by atoms with van der Waals surface area (Å²) in [6, 6.07) is 8.60. The second kappa shape index (κ2) is 5.91. The van der Waals surface area contributed by atoms with E-state index in [9.17, 15) is 18.0 Å². The molecule has 0 fully saturated rings. The van der Waals surface area contributed by atoms with Gasteiger partial charge in [-0.25, -0.2) is 13.2 Å². The lowest BCUT2D eigenvalue weighted by atomic mass is 10.3. The Balaban J connectivity index is 1.83. The van der Waals surface area contributed by atoms with Gasteiger partial charge in [0.2, 0.25) is 0 Å². The number of carbonyl (C=O) groups is 1. The van der Waals surface area contributed by atoms with Crippen LogP contribution in [0.3, 0.4) is 0 Å². The van der Waals surface area contributed by atoms with E-state index in [2.05, 4.69) is 10.4 Å². The summed E-state index contributed by atoms with van der Waals surface area (Å²) in [7, 11) is -2.53. The molecule has 0 unspecified atom stereocenters. The van der Waals surface area contributed by atoms with Gasteiger partial charge >= 0.3 is 5.76 Å². The monoisotopic (exact) mass is 348 g/mol. The van der Waals surface area contributed by atoms with Gasteiger partial charge in [0.15, 0.2) is 5.58 Å². The molecule has 0 spiro atoms. The lowest BCUT2D eigenvalue weighted by molar-refractivity contribution is 0.0940. The zero-order valence-electron chi connectivity index (χ0n) is 12.4. The first-order valence-corrected chi connectivity index (χ1v) is 8.19. The standard InChI is InChI=1S/C14H12N4O5S/c1-18-11-6-5-9(8-12(11)23-14(18)20)24(21,22)17-16-13(19)10-4-2-3-7-15-10/h2-8,17H,1H3,(H,16,19). The number of aromatic nitrogens is 2. The normalized spacial score (nSPS) is 11.5. The molecule has 0 atom stereocenters. The van der Waals surface area contributed by atoms with Crippen LogP contribution in [0.15, 0.2) is 56.7 Å². The van der Waals surface area contributed by atoms with Crippen LogP contribution in [0.5, 0.6) is 0 Å². The molecule has 1 aromatic carbocycles. The minimum Gasteiger partial charge on any atom is -0.408 e. The number of benzene rings is 1. The molecule has 2 aromatic heterocycles. The van der Waals surface area contributed by atoms with E-state index in [1.54, 1.807) is 12.1 Å². The summed E-state index contributed by atoms with van der Waals surface area (Å²) < 4.78 is 30.7. The van der Waals surface area contributed by atoms with Crippen molar-refractivity contribution < 1.29 is 17.6 Å². The van der Waals surface area contributed by atoms with Gasteiger partial charge in [-0.1, -0.05) is 6.07 Å². The number of hydrogen-bond donors (Lipinski definition) is 2. The Labute approximate surface area is 135 Å². The average molecular weight is 348 g/mol. The first kappa shape index (κ1) is 15.9. The van der Waals surface area contributed by atoms with Gasteiger partial charge in [-0.2, -0.15) is 0 Å². The Bertz CT molecular complexity index is 1070. The summed E-state index contributed by atoms with van der Waals surface area (Å²) in [5.41, 5.74) is 2.71. The summed E-state index contributed by atoms with van der Waals surface area (Å²) in [5, 5.41) is 0. The first-order chi connectivity index (χ1) is 11.4. The fourth-order valence-electron chi connectivity index (χ4n) is 2.01. The van der Waals surface area contributed by atoms with Crippen LogP contribution >= 0.6 is 0 Å². The van der Waals surface area contributed by atoms with Gasteiger partial charge in [-0.15, -0.1) is 4.83 Å². The van der Waals surface area contributed by atoms with Crippen LogP contribution in [-0.2, 0) is 17.1 Å². The van der Waals surface area contributed by atoms with Crippen LogP contribution in [0.4, 0.5) is 0 Å². The number of fused-ring (bicyclic) bond motifs is 1. The molecule has 0 saturated carbocycles. The number of pyridine rings is 1. The van der Waals surface area contributed by atoms with Crippen molar-refractivity contribution in [3.63, 3.8) is 0 Å². The second-order valence-corrected chi connectivity index (χ2v) is 6.51. The number of sulfonamides is 1. The van der Waals surface area contributed by atoms with Crippen molar-refractivity contribution in [2.45, 2.75) is 4.90 Å². The number of rotatable bonds is 4. The van der Waals surface area contributed by atoms with E-state index in [1.807, 2.05) is 4.83 Å². The van der Waals surface area contributed by atoms with E-state index in [4.69, 9.17) is 4.42 Å². The summed E-state index contributed by atoms with van der Waals surface area (Å²) in [5.74, 6) is -1.30. The van der Waals surface area contributed by atoms with Crippen molar-refractivity contribution in [3.05, 3.63) is 58.8 Å². The van der Waals surface area contributed by atoms with Crippen LogP contribution in [-0.4, -0.2) is 23.9 Å². The molecule has 0 saturated heterocycles. The predicted octanol–water partition coefficient (Wildman–Crippen LogP) is 0.150. The molecule has 10 heteroatoms. The molecule has 0 aliphatic carbocycles. The van der Waals surface area contributed by atoms with Gasteiger partial charge in [0.05, 0.1) is 10.4 Å². The van der Waals surface area contributed by atoms with Crippen molar-refractivity contribution in [1.82, 2.24) is 19.8 Å². The molecule has 0 aliphatic heterocycles. The van der Waals surface area contributed by atoms with Crippen molar-refractivity contribution >= 4 is 27.0 Å². The maximum Gasteiger partial charge on any atom is 0.419 e. The van der Waals surface area contributed by atoms with Gasteiger partial charge < -0.3 is 4.42 Å². The number of nitrogens with zero attached hydrogens (tertiary/aromatic N) is 2. The topological polar surface area (TPSA) is 123 Å². The third-order valence-corrected chi connectivity index (χ3v) is 4.52. The Kier molecular flexibility index (Phi) is 3.91. The van der Waals surface area contributed by atoms with E-state index in [0.717, 1.165) is 0 Å². The first-order valence-electron chi connectivity index (χ1n) is 6.71. The van der Waals surface area contributed by atoms with E-state index in [-0.39, 0.29) is 16.2 Å². The van der Waals surface area contributed by atoms with Crippen molar-refractivity contribution in [3.8, 4) is 0 Å². The van der Waals surface area contributed by atoms with Crippen molar-refractivity contribution in [1.29, 1.82) is 0 Å². The Morgan fingerprint density at radius 2 is 2.04 bits per heavy atom. The molecule has 2 heterocycles. The van der Waals surface area contributed by atoms with Crippen LogP contribution in [0, 0.1) is 0 Å². The summed E-state index contributed by atoms with van der Waals surface area (Å²) in [6.07, 6.45) is 1.41. The van der Waals surface area contributed by atoms with Crippen molar-refractivity contribution in [2.75, 3.05) is 0 Å². The highest BCUT2D eigenvalue weighted by Gasteiger charge is 2.18. The fraction of sp³-hybridized carbons (Fsp3) is 0.0714. The van der Waals surface area contributed by atoms with Gasteiger partial charge in [-0.3, -0.25) is 19.8 Å². The van der Waals surface area contributed by atoms with Crippen LogP contribution in [0.25, 0.3) is 11.1 Å². The molecule has 0 aliphatic rings. The number of oxazole rings is 1. The molecule has 1 amide bonds. The van der Waals surface area contributed by atoms with Crippen LogP contribution < -0.4 is 16.0 Å². The molecule has 9 nitrogen and oxygen atoms in total. The Morgan fingerprint density at radius 1 is 1.25 bits per heavy atom. The van der Waals surface area contributed by atoms with Gasteiger partial charge in [0.1, 0.15) is 5.69 Å². The number of aryl methyl sites for hydroxylation is 1. The van der Waals surface area contributed by atoms with Crippen LogP contribution in [0.1, 0.15) is 10.5 Å². The SMILES string of the molecule is Cn1c(=O)oc2cc(S(=O)(=O)NNC(=O)c3ccccn3)ccc21.